The van der Waals surface area contributed by atoms with Gasteiger partial charge in [0.2, 0.25) is 5.91 Å². The molecule has 3 aromatic rings. The van der Waals surface area contributed by atoms with Gasteiger partial charge in [0.15, 0.2) is 5.13 Å². The number of aromatic nitrogens is 1. The molecule has 1 aromatic heterocycles. The average Bonchev–Trinajstić information content (AvgIpc) is 3.17. The number of nitrogens with zero attached hydrogens (tertiary/aromatic N) is 4. The molecule has 0 unspecified atom stereocenters. The SMILES string of the molecule is COc1ccc2nc(N3CC(C(=O)N4CCN(c5ccc(Cl)c(Cl)c5)CC4)C3)sc2c1. The Balaban J connectivity index is 1.16. The van der Waals surface area contributed by atoms with Crippen LogP contribution in [-0.2, 0) is 4.79 Å². The summed E-state index contributed by atoms with van der Waals surface area (Å²) in [6.07, 6.45) is 0. The highest BCUT2D eigenvalue weighted by Gasteiger charge is 2.37. The fourth-order valence-electron chi connectivity index (χ4n) is 4.07. The summed E-state index contributed by atoms with van der Waals surface area (Å²) < 4.78 is 6.39. The number of anilines is 2. The largest absolute Gasteiger partial charge is 0.497 e. The lowest BCUT2D eigenvalue weighted by atomic mass is 9.99. The first-order valence-electron chi connectivity index (χ1n) is 10.2. The van der Waals surface area contributed by atoms with E-state index in [-0.39, 0.29) is 11.8 Å². The van der Waals surface area contributed by atoms with E-state index in [9.17, 15) is 4.79 Å². The van der Waals surface area contributed by atoms with E-state index in [0.29, 0.717) is 10.0 Å². The molecule has 0 N–H and O–H groups in total. The van der Waals surface area contributed by atoms with Crippen LogP contribution in [0.4, 0.5) is 10.8 Å². The van der Waals surface area contributed by atoms with Crippen LogP contribution in [0.15, 0.2) is 36.4 Å². The van der Waals surface area contributed by atoms with Crippen LogP contribution in [0, 0.1) is 5.92 Å². The molecule has 2 aromatic carbocycles. The molecule has 2 saturated heterocycles. The summed E-state index contributed by atoms with van der Waals surface area (Å²) in [5.74, 6) is 1.12. The molecular formula is C22H22Cl2N4O2S. The van der Waals surface area contributed by atoms with Crippen molar-refractivity contribution in [3.8, 4) is 5.75 Å². The van der Waals surface area contributed by atoms with Crippen molar-refractivity contribution in [3.63, 3.8) is 0 Å². The predicted molar refractivity (Wildman–Crippen MR) is 127 cm³/mol. The summed E-state index contributed by atoms with van der Waals surface area (Å²) in [6, 6.07) is 11.6. The molecule has 5 rings (SSSR count). The Morgan fingerprint density at radius 3 is 2.52 bits per heavy atom. The Labute approximate surface area is 194 Å². The number of hydrogen-bond donors (Lipinski definition) is 0. The van der Waals surface area contributed by atoms with Crippen molar-refractivity contribution in [1.29, 1.82) is 0 Å². The van der Waals surface area contributed by atoms with E-state index < -0.39 is 0 Å². The first-order chi connectivity index (χ1) is 15.0. The molecule has 2 aliphatic heterocycles. The number of halogens is 2. The fourth-order valence-corrected chi connectivity index (χ4v) is 5.38. The van der Waals surface area contributed by atoms with Gasteiger partial charge >= 0.3 is 0 Å². The van der Waals surface area contributed by atoms with Gasteiger partial charge in [0, 0.05) is 45.0 Å². The van der Waals surface area contributed by atoms with Crippen molar-refractivity contribution in [2.75, 3.05) is 56.2 Å². The minimum atomic E-state index is 0.0399. The minimum absolute atomic E-state index is 0.0399. The zero-order chi connectivity index (χ0) is 21.5. The summed E-state index contributed by atoms with van der Waals surface area (Å²) in [5.41, 5.74) is 2.01. The monoisotopic (exact) mass is 476 g/mol. The van der Waals surface area contributed by atoms with Gasteiger partial charge in [0.25, 0.3) is 0 Å². The van der Waals surface area contributed by atoms with Crippen LogP contribution in [0.1, 0.15) is 0 Å². The standard InChI is InChI=1S/C22H22Cl2N4O2S/c1-30-16-3-5-19-20(11-16)31-22(25-19)28-12-14(13-28)21(29)27-8-6-26(7-9-27)15-2-4-17(23)18(24)10-15/h2-5,10-11,14H,6-9,12-13H2,1H3. The summed E-state index contributed by atoms with van der Waals surface area (Å²) in [7, 11) is 1.67. The number of piperazine rings is 1. The van der Waals surface area contributed by atoms with Crippen LogP contribution in [0.25, 0.3) is 10.2 Å². The van der Waals surface area contributed by atoms with Gasteiger partial charge in [-0.1, -0.05) is 34.5 Å². The quantitative estimate of drug-likeness (QED) is 0.558. The lowest BCUT2D eigenvalue weighted by Gasteiger charge is -2.43. The maximum Gasteiger partial charge on any atom is 0.229 e. The van der Waals surface area contributed by atoms with Gasteiger partial charge in [-0.2, -0.15) is 0 Å². The molecule has 6 nitrogen and oxygen atoms in total. The van der Waals surface area contributed by atoms with Gasteiger partial charge in [-0.25, -0.2) is 4.98 Å². The minimum Gasteiger partial charge on any atom is -0.497 e. The first kappa shape index (κ1) is 20.7. The normalized spacial score (nSPS) is 17.2. The van der Waals surface area contributed by atoms with Crippen molar-refractivity contribution in [1.82, 2.24) is 9.88 Å². The maximum atomic E-state index is 13.0. The lowest BCUT2D eigenvalue weighted by Crippen LogP contribution is -2.58. The van der Waals surface area contributed by atoms with E-state index in [1.54, 1.807) is 18.4 Å². The molecule has 0 radical (unpaired) electrons. The highest BCUT2D eigenvalue weighted by Crippen LogP contribution is 2.35. The number of fused-ring (bicyclic) bond motifs is 1. The van der Waals surface area contributed by atoms with Crippen LogP contribution in [0.3, 0.4) is 0 Å². The molecule has 31 heavy (non-hydrogen) atoms. The lowest BCUT2D eigenvalue weighted by molar-refractivity contribution is -0.136. The Bertz CT molecular complexity index is 1120. The molecular weight excluding hydrogens is 455 g/mol. The highest BCUT2D eigenvalue weighted by atomic mass is 35.5. The third-order valence-corrected chi connectivity index (χ3v) is 7.76. The Morgan fingerprint density at radius 2 is 1.81 bits per heavy atom. The predicted octanol–water partition coefficient (Wildman–Crippen LogP) is 4.40. The third-order valence-electron chi connectivity index (χ3n) is 5.95. The van der Waals surface area contributed by atoms with E-state index in [0.717, 1.165) is 66.1 Å². The summed E-state index contributed by atoms with van der Waals surface area (Å²) in [4.78, 5) is 24.1. The van der Waals surface area contributed by atoms with Crippen molar-refractivity contribution in [2.24, 2.45) is 5.92 Å². The zero-order valence-electron chi connectivity index (χ0n) is 17.1. The molecule has 9 heteroatoms. The van der Waals surface area contributed by atoms with Gasteiger partial charge in [-0.05, 0) is 36.4 Å². The second-order valence-corrected chi connectivity index (χ2v) is 9.67. The van der Waals surface area contributed by atoms with Gasteiger partial charge in [0.05, 0.1) is 33.3 Å². The van der Waals surface area contributed by atoms with Crippen molar-refractivity contribution in [2.45, 2.75) is 0 Å². The van der Waals surface area contributed by atoms with Crippen LogP contribution >= 0.6 is 34.5 Å². The molecule has 3 heterocycles. The molecule has 0 saturated carbocycles. The molecule has 1 amide bonds. The number of methoxy groups -OCH3 is 1. The molecule has 2 aliphatic rings. The molecule has 0 spiro atoms. The summed E-state index contributed by atoms with van der Waals surface area (Å²) >= 11 is 13.8. The van der Waals surface area contributed by atoms with Crippen molar-refractivity contribution < 1.29 is 9.53 Å². The second kappa shape index (κ2) is 8.37. The Morgan fingerprint density at radius 1 is 1.03 bits per heavy atom. The number of amides is 1. The maximum absolute atomic E-state index is 13.0. The fraction of sp³-hybridized carbons (Fsp3) is 0.364. The van der Waals surface area contributed by atoms with Gasteiger partial charge in [-0.15, -0.1) is 0 Å². The number of carbonyl (C=O) groups is 1. The molecule has 0 bridgehead atoms. The van der Waals surface area contributed by atoms with E-state index in [1.807, 2.05) is 41.3 Å². The van der Waals surface area contributed by atoms with E-state index in [2.05, 4.69) is 9.80 Å². The van der Waals surface area contributed by atoms with Crippen LogP contribution in [-0.4, -0.2) is 62.2 Å². The highest BCUT2D eigenvalue weighted by molar-refractivity contribution is 7.22. The smallest absolute Gasteiger partial charge is 0.229 e. The van der Waals surface area contributed by atoms with Gasteiger partial charge < -0.3 is 19.4 Å². The van der Waals surface area contributed by atoms with Gasteiger partial charge in [0.1, 0.15) is 5.75 Å². The van der Waals surface area contributed by atoms with Crippen molar-refractivity contribution >= 4 is 61.5 Å². The van der Waals surface area contributed by atoms with Gasteiger partial charge in [-0.3, -0.25) is 4.79 Å². The van der Waals surface area contributed by atoms with Crippen molar-refractivity contribution in [3.05, 3.63) is 46.4 Å². The summed E-state index contributed by atoms with van der Waals surface area (Å²) in [6.45, 7) is 4.47. The van der Waals surface area contributed by atoms with E-state index in [4.69, 9.17) is 32.9 Å². The first-order valence-corrected chi connectivity index (χ1v) is 11.8. The Hall–Kier alpha value is -2.22. The number of ether oxygens (including phenoxy) is 1. The molecule has 0 aliphatic carbocycles. The number of rotatable bonds is 4. The number of carbonyl (C=O) groups excluding carboxylic acids is 1. The number of thiazole rings is 1. The third kappa shape index (κ3) is 4.02. The molecule has 162 valence electrons. The molecule has 2 fully saturated rings. The van der Waals surface area contributed by atoms with E-state index >= 15 is 0 Å². The van der Waals surface area contributed by atoms with Crippen LogP contribution in [0.2, 0.25) is 10.0 Å². The number of benzene rings is 2. The Kier molecular flexibility index (Phi) is 5.58. The average molecular weight is 477 g/mol. The second-order valence-electron chi connectivity index (χ2n) is 7.84. The summed E-state index contributed by atoms with van der Waals surface area (Å²) in [5, 5.41) is 2.08. The van der Waals surface area contributed by atoms with Crippen LogP contribution in [0.5, 0.6) is 5.75 Å². The number of hydrogen-bond acceptors (Lipinski definition) is 6. The van der Waals surface area contributed by atoms with Crippen LogP contribution < -0.4 is 14.5 Å². The van der Waals surface area contributed by atoms with E-state index in [1.165, 1.54) is 0 Å². The zero-order valence-corrected chi connectivity index (χ0v) is 19.4. The molecule has 0 atom stereocenters. The topological polar surface area (TPSA) is 48.9 Å².